The van der Waals surface area contributed by atoms with E-state index in [-0.39, 0.29) is 11.0 Å². The smallest absolute Gasteiger partial charge is 0.257 e. The van der Waals surface area contributed by atoms with Gasteiger partial charge in [0.1, 0.15) is 5.52 Å². The van der Waals surface area contributed by atoms with E-state index in [4.69, 9.17) is 35.6 Å². The van der Waals surface area contributed by atoms with Crippen LogP contribution in [0.15, 0.2) is 59.0 Å². The number of rotatable bonds is 7. The molecule has 3 aromatic carbocycles. The Morgan fingerprint density at radius 3 is 2.17 bits per heavy atom. The maximum Gasteiger partial charge on any atom is 0.257 e. The van der Waals surface area contributed by atoms with Crippen LogP contribution in [0.3, 0.4) is 0 Å². The van der Waals surface area contributed by atoms with Crippen LogP contribution < -0.4 is 29.6 Å². The Morgan fingerprint density at radius 2 is 1.49 bits per heavy atom. The van der Waals surface area contributed by atoms with Crippen LogP contribution in [0.2, 0.25) is 0 Å². The van der Waals surface area contributed by atoms with Gasteiger partial charge in [-0.2, -0.15) is 0 Å². The van der Waals surface area contributed by atoms with Gasteiger partial charge in [-0.3, -0.25) is 10.1 Å². The van der Waals surface area contributed by atoms with Crippen LogP contribution >= 0.6 is 12.2 Å². The second-order valence-corrected chi connectivity index (χ2v) is 7.66. The van der Waals surface area contributed by atoms with Gasteiger partial charge in [-0.25, -0.2) is 4.98 Å². The Bertz CT molecular complexity index is 1400. The first kappa shape index (κ1) is 23.8. The van der Waals surface area contributed by atoms with Gasteiger partial charge < -0.3 is 28.7 Å². The normalized spacial score (nSPS) is 10.5. The minimum Gasteiger partial charge on any atom is -0.493 e. The van der Waals surface area contributed by atoms with Crippen molar-refractivity contribution in [2.45, 2.75) is 0 Å². The molecule has 2 N–H and O–H groups in total. The number of carbonyl (C=O) groups excluding carboxylic acids is 1. The summed E-state index contributed by atoms with van der Waals surface area (Å²) in [5, 5.41) is 5.78. The summed E-state index contributed by atoms with van der Waals surface area (Å²) >= 11 is 5.31. The molecule has 1 amide bonds. The molecule has 35 heavy (non-hydrogen) atoms. The number of amides is 1. The van der Waals surface area contributed by atoms with Gasteiger partial charge in [-0.1, -0.05) is 0 Å². The number of nitrogens with zero attached hydrogens (tertiary/aromatic N) is 1. The van der Waals surface area contributed by atoms with Crippen molar-refractivity contribution in [1.29, 1.82) is 0 Å². The van der Waals surface area contributed by atoms with E-state index < -0.39 is 0 Å². The molecule has 0 spiro atoms. The number of anilines is 1. The Morgan fingerprint density at radius 1 is 0.829 bits per heavy atom. The zero-order valence-electron chi connectivity index (χ0n) is 19.5. The largest absolute Gasteiger partial charge is 0.493 e. The molecule has 0 saturated carbocycles. The molecule has 0 fully saturated rings. The summed E-state index contributed by atoms with van der Waals surface area (Å²) in [6, 6.07) is 15.6. The van der Waals surface area contributed by atoms with Gasteiger partial charge in [-0.05, 0) is 66.8 Å². The number of aromatic nitrogens is 1. The highest BCUT2D eigenvalue weighted by molar-refractivity contribution is 7.80. The monoisotopic (exact) mass is 493 g/mol. The van der Waals surface area contributed by atoms with Crippen molar-refractivity contribution < 1.29 is 28.2 Å². The number of oxazole rings is 1. The first-order valence-electron chi connectivity index (χ1n) is 10.4. The lowest BCUT2D eigenvalue weighted by atomic mass is 10.2. The number of methoxy groups -OCH3 is 4. The van der Waals surface area contributed by atoms with E-state index in [0.717, 1.165) is 5.56 Å². The number of carbonyl (C=O) groups is 1. The van der Waals surface area contributed by atoms with E-state index in [2.05, 4.69) is 15.6 Å². The van der Waals surface area contributed by atoms with E-state index in [0.29, 0.717) is 51.2 Å². The summed E-state index contributed by atoms with van der Waals surface area (Å²) in [5.41, 5.74) is 2.97. The van der Waals surface area contributed by atoms with Crippen LogP contribution in [0.5, 0.6) is 23.0 Å². The molecular formula is C25H23N3O6S. The predicted molar refractivity (Wildman–Crippen MR) is 136 cm³/mol. The van der Waals surface area contributed by atoms with Crippen molar-refractivity contribution in [3.05, 3.63) is 60.2 Å². The van der Waals surface area contributed by atoms with Gasteiger partial charge in [0.2, 0.25) is 5.89 Å². The minimum absolute atomic E-state index is 0.132. The SMILES string of the molecule is COc1ccc(C(=O)NC(=S)Nc2ccc3oc(-c4ccc(OC)c(OC)c4)nc3c2)cc1OC. The van der Waals surface area contributed by atoms with Crippen LogP contribution in [-0.4, -0.2) is 44.4 Å². The molecule has 0 saturated heterocycles. The van der Waals surface area contributed by atoms with Crippen LogP contribution in [0.4, 0.5) is 5.69 Å². The van der Waals surface area contributed by atoms with E-state index in [1.54, 1.807) is 62.8 Å². The van der Waals surface area contributed by atoms with E-state index >= 15 is 0 Å². The number of nitrogens with one attached hydrogen (secondary N) is 2. The lowest BCUT2D eigenvalue weighted by molar-refractivity contribution is 0.0977. The molecule has 0 atom stereocenters. The zero-order valence-corrected chi connectivity index (χ0v) is 20.3. The lowest BCUT2D eigenvalue weighted by Crippen LogP contribution is -2.34. The molecule has 10 heteroatoms. The molecule has 4 aromatic rings. The van der Waals surface area contributed by atoms with Crippen molar-refractivity contribution in [1.82, 2.24) is 10.3 Å². The molecular weight excluding hydrogens is 470 g/mol. The van der Waals surface area contributed by atoms with Crippen LogP contribution in [0.25, 0.3) is 22.6 Å². The zero-order chi connectivity index (χ0) is 24.9. The molecule has 0 aliphatic rings. The molecule has 180 valence electrons. The second kappa shape index (κ2) is 10.3. The van der Waals surface area contributed by atoms with Gasteiger partial charge >= 0.3 is 0 Å². The number of benzene rings is 3. The summed E-state index contributed by atoms with van der Waals surface area (Å²) in [6.07, 6.45) is 0. The molecule has 0 bridgehead atoms. The van der Waals surface area contributed by atoms with Gasteiger partial charge in [0.15, 0.2) is 33.7 Å². The third-order valence-electron chi connectivity index (χ3n) is 5.15. The molecule has 0 unspecified atom stereocenters. The average Bonchev–Trinajstić information content (AvgIpc) is 3.31. The quantitative estimate of drug-likeness (QED) is 0.356. The van der Waals surface area contributed by atoms with E-state index in [9.17, 15) is 4.79 Å². The maximum atomic E-state index is 12.6. The number of hydrogen-bond acceptors (Lipinski definition) is 8. The molecule has 4 rings (SSSR count). The fourth-order valence-corrected chi connectivity index (χ4v) is 3.62. The molecule has 0 radical (unpaired) electrons. The summed E-state index contributed by atoms with van der Waals surface area (Å²) in [7, 11) is 6.17. The summed E-state index contributed by atoms with van der Waals surface area (Å²) in [5.74, 6) is 2.20. The average molecular weight is 494 g/mol. The highest BCUT2D eigenvalue weighted by Crippen LogP contribution is 2.33. The third kappa shape index (κ3) is 5.12. The minimum atomic E-state index is -0.387. The van der Waals surface area contributed by atoms with Gasteiger partial charge in [0.25, 0.3) is 5.91 Å². The second-order valence-electron chi connectivity index (χ2n) is 7.25. The Kier molecular flexibility index (Phi) is 7.02. The van der Waals surface area contributed by atoms with Gasteiger partial charge in [0, 0.05) is 16.8 Å². The predicted octanol–water partition coefficient (Wildman–Crippen LogP) is 4.66. The highest BCUT2D eigenvalue weighted by atomic mass is 32.1. The van der Waals surface area contributed by atoms with Crippen molar-refractivity contribution in [3.63, 3.8) is 0 Å². The summed E-state index contributed by atoms with van der Waals surface area (Å²) in [4.78, 5) is 17.2. The lowest BCUT2D eigenvalue weighted by Gasteiger charge is -2.11. The number of ether oxygens (including phenoxy) is 4. The molecule has 1 aromatic heterocycles. The Labute approximate surface area is 207 Å². The van der Waals surface area contributed by atoms with Crippen LogP contribution in [-0.2, 0) is 0 Å². The van der Waals surface area contributed by atoms with Crippen molar-refractivity contribution in [2.75, 3.05) is 33.8 Å². The highest BCUT2D eigenvalue weighted by Gasteiger charge is 2.14. The molecule has 1 heterocycles. The molecule has 0 aliphatic heterocycles. The van der Waals surface area contributed by atoms with Crippen molar-refractivity contribution in [3.8, 4) is 34.5 Å². The number of hydrogen-bond donors (Lipinski definition) is 2. The fraction of sp³-hybridized carbons (Fsp3) is 0.160. The van der Waals surface area contributed by atoms with Crippen molar-refractivity contribution >= 4 is 40.0 Å². The fourth-order valence-electron chi connectivity index (χ4n) is 3.41. The Hall–Kier alpha value is -4.31. The standard InChI is InChI=1S/C25H23N3O6S/c1-30-19-8-5-14(11-21(19)32-3)23(29)28-25(35)26-16-7-10-18-17(13-16)27-24(34-18)15-6-9-20(31-2)22(12-15)33-4/h5-13H,1-4H3,(H2,26,28,29,35). The topological polar surface area (TPSA) is 104 Å². The Balaban J connectivity index is 1.48. The number of thiocarbonyl (C=S) groups is 1. The van der Waals surface area contributed by atoms with E-state index in [1.165, 1.54) is 14.2 Å². The summed E-state index contributed by atoms with van der Waals surface area (Å²) < 4.78 is 27.0. The maximum absolute atomic E-state index is 12.6. The van der Waals surface area contributed by atoms with E-state index in [1.807, 2.05) is 6.07 Å². The molecule has 0 aliphatic carbocycles. The van der Waals surface area contributed by atoms with Crippen LogP contribution in [0.1, 0.15) is 10.4 Å². The van der Waals surface area contributed by atoms with Gasteiger partial charge in [-0.15, -0.1) is 0 Å². The van der Waals surface area contributed by atoms with Crippen LogP contribution in [0, 0.1) is 0 Å². The van der Waals surface area contributed by atoms with Crippen molar-refractivity contribution in [2.24, 2.45) is 0 Å². The summed E-state index contributed by atoms with van der Waals surface area (Å²) in [6.45, 7) is 0. The first-order chi connectivity index (χ1) is 16.9. The van der Waals surface area contributed by atoms with Gasteiger partial charge in [0.05, 0.1) is 28.4 Å². The first-order valence-corrected chi connectivity index (χ1v) is 10.8. The number of fused-ring (bicyclic) bond motifs is 1. The molecule has 9 nitrogen and oxygen atoms in total. The third-order valence-corrected chi connectivity index (χ3v) is 5.35.